The van der Waals surface area contributed by atoms with Crippen LogP contribution in [0.5, 0.6) is 0 Å². The maximum absolute atomic E-state index is 11.9. The van der Waals surface area contributed by atoms with E-state index in [1.54, 1.807) is 0 Å². The molecule has 0 bridgehead atoms. The van der Waals surface area contributed by atoms with Gasteiger partial charge >= 0.3 is 17.8 Å². The molecule has 0 spiro atoms. The van der Waals surface area contributed by atoms with E-state index in [0.717, 1.165) is 6.07 Å². The Balaban J connectivity index is 3.26. The Kier molecular flexibility index (Phi) is 5.35. The molecule has 1 aromatic rings. The number of hydrogen-bond donors (Lipinski definition) is 1. The lowest BCUT2D eigenvalue weighted by molar-refractivity contribution is -0.384. The van der Waals surface area contributed by atoms with Crippen LogP contribution >= 0.6 is 0 Å². The number of carboxylic acids is 1. The molecule has 0 aliphatic heterocycles. The van der Waals surface area contributed by atoms with Crippen LogP contribution < -0.4 is 4.90 Å². The van der Waals surface area contributed by atoms with Gasteiger partial charge in [0.15, 0.2) is 0 Å². The first-order valence-corrected chi connectivity index (χ1v) is 5.82. The van der Waals surface area contributed by atoms with Crippen molar-refractivity contribution >= 4 is 29.2 Å². The van der Waals surface area contributed by atoms with Gasteiger partial charge in [-0.3, -0.25) is 24.6 Å². The second kappa shape index (κ2) is 6.98. The zero-order valence-electron chi connectivity index (χ0n) is 11.0. The second-order valence-electron chi connectivity index (χ2n) is 3.75. The lowest BCUT2D eigenvalue weighted by Crippen LogP contribution is -2.41. The largest absolute Gasteiger partial charge is 0.480 e. The highest BCUT2D eigenvalue weighted by atomic mass is 16.6. The van der Waals surface area contributed by atoms with E-state index in [-0.39, 0.29) is 12.3 Å². The van der Waals surface area contributed by atoms with Crippen LogP contribution in [0.3, 0.4) is 0 Å². The molecule has 1 amide bonds. The van der Waals surface area contributed by atoms with Gasteiger partial charge in [0.2, 0.25) is 0 Å². The van der Waals surface area contributed by atoms with Crippen LogP contribution in [0.15, 0.2) is 24.3 Å². The average Bonchev–Trinajstić information content (AvgIpc) is 2.44. The number of amides is 1. The maximum Gasteiger partial charge on any atom is 0.397 e. The van der Waals surface area contributed by atoms with Crippen molar-refractivity contribution in [2.75, 3.05) is 18.1 Å². The number of nitrogens with zero attached hydrogens (tertiary/aromatic N) is 2. The number of anilines is 1. The Morgan fingerprint density at radius 2 is 1.95 bits per heavy atom. The van der Waals surface area contributed by atoms with Gasteiger partial charge in [-0.2, -0.15) is 0 Å². The minimum Gasteiger partial charge on any atom is -0.480 e. The first-order chi connectivity index (χ1) is 9.88. The van der Waals surface area contributed by atoms with Crippen molar-refractivity contribution in [2.24, 2.45) is 0 Å². The van der Waals surface area contributed by atoms with Gasteiger partial charge in [-0.15, -0.1) is 0 Å². The molecular weight excluding hydrogens is 284 g/mol. The predicted molar refractivity (Wildman–Crippen MR) is 69.7 cm³/mol. The average molecular weight is 296 g/mol. The zero-order valence-corrected chi connectivity index (χ0v) is 11.0. The van der Waals surface area contributed by atoms with E-state index in [4.69, 9.17) is 5.11 Å². The van der Waals surface area contributed by atoms with Gasteiger partial charge in [-0.25, -0.2) is 4.79 Å². The van der Waals surface area contributed by atoms with E-state index in [1.165, 1.54) is 25.1 Å². The zero-order chi connectivity index (χ0) is 16.0. The number of nitro groups is 1. The van der Waals surface area contributed by atoms with Gasteiger partial charge in [0, 0.05) is 6.07 Å². The number of aliphatic carboxylic acids is 1. The van der Waals surface area contributed by atoms with E-state index in [0.29, 0.717) is 4.90 Å². The van der Waals surface area contributed by atoms with Gasteiger partial charge in [-0.05, 0) is 13.0 Å². The number of carbonyl (C=O) groups is 3. The van der Waals surface area contributed by atoms with E-state index >= 15 is 0 Å². The second-order valence-corrected chi connectivity index (χ2v) is 3.75. The Morgan fingerprint density at radius 1 is 1.33 bits per heavy atom. The lowest BCUT2D eigenvalue weighted by Gasteiger charge is -2.19. The van der Waals surface area contributed by atoms with Crippen molar-refractivity contribution in [1.29, 1.82) is 0 Å². The van der Waals surface area contributed by atoms with Crippen LogP contribution in [0.2, 0.25) is 0 Å². The summed E-state index contributed by atoms with van der Waals surface area (Å²) in [5.74, 6) is -3.99. The third kappa shape index (κ3) is 4.00. The summed E-state index contributed by atoms with van der Waals surface area (Å²) in [5.41, 5.74) is -0.778. The minimum atomic E-state index is -1.43. The molecule has 21 heavy (non-hydrogen) atoms. The molecule has 0 fully saturated rings. The van der Waals surface area contributed by atoms with E-state index < -0.39 is 35.0 Å². The van der Waals surface area contributed by atoms with Gasteiger partial charge in [-0.1, -0.05) is 12.1 Å². The van der Waals surface area contributed by atoms with Crippen LogP contribution in [0.1, 0.15) is 6.92 Å². The summed E-state index contributed by atoms with van der Waals surface area (Å²) in [7, 11) is 0. The molecule has 0 aliphatic carbocycles. The first kappa shape index (κ1) is 16.1. The molecule has 0 aromatic heterocycles. The lowest BCUT2D eigenvalue weighted by atomic mass is 10.2. The number of ether oxygens (including phenoxy) is 1. The van der Waals surface area contributed by atoms with Crippen LogP contribution in [-0.4, -0.2) is 41.0 Å². The summed E-state index contributed by atoms with van der Waals surface area (Å²) in [5, 5.41) is 19.8. The van der Waals surface area contributed by atoms with Gasteiger partial charge in [0.1, 0.15) is 12.2 Å². The minimum absolute atomic E-state index is 0.0810. The quantitative estimate of drug-likeness (QED) is 0.364. The Bertz CT molecular complexity index is 585. The van der Waals surface area contributed by atoms with Crippen molar-refractivity contribution in [2.45, 2.75) is 6.92 Å². The van der Waals surface area contributed by atoms with Crippen molar-refractivity contribution in [1.82, 2.24) is 0 Å². The smallest absolute Gasteiger partial charge is 0.397 e. The molecule has 9 nitrogen and oxygen atoms in total. The molecule has 0 heterocycles. The van der Waals surface area contributed by atoms with Crippen molar-refractivity contribution in [3.05, 3.63) is 34.4 Å². The summed E-state index contributed by atoms with van der Waals surface area (Å²) >= 11 is 0. The van der Waals surface area contributed by atoms with E-state index in [1.807, 2.05) is 0 Å². The molecule has 9 heteroatoms. The number of carbonyl (C=O) groups excluding carboxylic acids is 2. The topological polar surface area (TPSA) is 127 Å². The molecule has 0 radical (unpaired) electrons. The van der Waals surface area contributed by atoms with E-state index in [2.05, 4.69) is 4.74 Å². The Hall–Kier alpha value is -2.97. The molecule has 0 unspecified atom stereocenters. The fraction of sp³-hybridized carbons (Fsp3) is 0.250. The predicted octanol–water partition coefficient (Wildman–Crippen LogP) is 0.576. The molecule has 0 saturated heterocycles. The normalized spacial score (nSPS) is 9.76. The number of carboxylic acid groups (broad SMARTS) is 1. The summed E-state index contributed by atoms with van der Waals surface area (Å²) in [6.07, 6.45) is 0. The summed E-state index contributed by atoms with van der Waals surface area (Å²) in [6.45, 7) is 0.489. The van der Waals surface area contributed by atoms with Crippen molar-refractivity contribution in [3.8, 4) is 0 Å². The number of rotatable bonds is 5. The molecule has 1 rings (SSSR count). The summed E-state index contributed by atoms with van der Waals surface area (Å²) in [6, 6.07) is 5.02. The molecule has 112 valence electrons. The number of para-hydroxylation sites is 2. The van der Waals surface area contributed by atoms with Gasteiger partial charge < -0.3 is 9.84 Å². The van der Waals surface area contributed by atoms with E-state index in [9.17, 15) is 24.5 Å². The molecular formula is C12H12N2O7. The first-order valence-electron chi connectivity index (χ1n) is 5.82. The maximum atomic E-state index is 11.9. The number of esters is 1. The fourth-order valence-corrected chi connectivity index (χ4v) is 1.55. The third-order valence-electron chi connectivity index (χ3n) is 2.36. The van der Waals surface area contributed by atoms with Crippen LogP contribution in [0.4, 0.5) is 11.4 Å². The molecule has 1 aromatic carbocycles. The van der Waals surface area contributed by atoms with Crippen molar-refractivity contribution < 1.29 is 29.2 Å². The van der Waals surface area contributed by atoms with Gasteiger partial charge in [0.25, 0.3) is 5.69 Å². The van der Waals surface area contributed by atoms with Crippen molar-refractivity contribution in [3.63, 3.8) is 0 Å². The molecule has 0 saturated carbocycles. The summed E-state index contributed by atoms with van der Waals surface area (Å²) < 4.78 is 4.50. The highest BCUT2D eigenvalue weighted by Crippen LogP contribution is 2.27. The monoisotopic (exact) mass is 296 g/mol. The Labute approximate surface area is 118 Å². The molecule has 0 atom stereocenters. The van der Waals surface area contributed by atoms with Gasteiger partial charge in [0.05, 0.1) is 11.5 Å². The standard InChI is InChI=1S/C12H12N2O7/c1-2-21-12(18)11(17)13(7-10(15)16)8-5-3-4-6-9(8)14(19)20/h3-6H,2,7H2,1H3,(H,15,16). The highest BCUT2D eigenvalue weighted by Gasteiger charge is 2.31. The highest BCUT2D eigenvalue weighted by molar-refractivity contribution is 6.38. The van der Waals surface area contributed by atoms with Crippen LogP contribution in [0, 0.1) is 10.1 Å². The third-order valence-corrected chi connectivity index (χ3v) is 2.36. The SMILES string of the molecule is CCOC(=O)C(=O)N(CC(=O)O)c1ccccc1[N+](=O)[O-]. The number of hydrogen-bond acceptors (Lipinski definition) is 6. The fourth-order valence-electron chi connectivity index (χ4n) is 1.55. The Morgan fingerprint density at radius 3 is 2.48 bits per heavy atom. The van der Waals surface area contributed by atoms with Crippen LogP contribution in [-0.2, 0) is 19.1 Å². The number of nitro benzene ring substituents is 1. The summed E-state index contributed by atoms with van der Waals surface area (Å²) in [4.78, 5) is 44.8. The molecule has 1 N–H and O–H groups in total. The number of benzene rings is 1. The van der Waals surface area contributed by atoms with Crippen LogP contribution in [0.25, 0.3) is 0 Å². The molecule has 0 aliphatic rings.